The van der Waals surface area contributed by atoms with Crippen molar-refractivity contribution in [2.24, 2.45) is 5.92 Å². The Labute approximate surface area is 367 Å². The van der Waals surface area contributed by atoms with E-state index < -0.39 is 0 Å². The van der Waals surface area contributed by atoms with E-state index in [2.05, 4.69) is 220 Å². The summed E-state index contributed by atoms with van der Waals surface area (Å²) in [5.41, 5.74) is 12.8. The molecule has 1 aliphatic carbocycles. The molecule has 0 amide bonds. The zero-order valence-corrected chi connectivity index (χ0v) is 36.3. The molecule has 63 heavy (non-hydrogen) atoms. The molecular weight excluding hydrogens is 769 g/mol. The van der Waals surface area contributed by atoms with E-state index in [0.29, 0.717) is 5.92 Å². The smallest absolute Gasteiger partial charge is 0.159 e. The highest BCUT2D eigenvalue weighted by Crippen LogP contribution is 2.52. The van der Waals surface area contributed by atoms with Crippen LogP contribution in [0, 0.1) is 5.92 Å². The quantitative estimate of drug-likeness (QED) is 0.153. The normalized spacial score (nSPS) is 15.3. The monoisotopic (exact) mass is 816 g/mol. The summed E-state index contributed by atoms with van der Waals surface area (Å²) in [6.07, 6.45) is 0.852. The van der Waals surface area contributed by atoms with Gasteiger partial charge in [-0.15, -0.1) is 0 Å². The number of fused-ring (bicyclic) bond motifs is 6. The highest BCUT2D eigenvalue weighted by Gasteiger charge is 2.40. The lowest BCUT2D eigenvalue weighted by molar-refractivity contribution is 0.344. The summed E-state index contributed by atoms with van der Waals surface area (Å²) >= 11 is 0. The van der Waals surface area contributed by atoms with Crippen molar-refractivity contribution in [1.29, 1.82) is 0 Å². The summed E-state index contributed by atoms with van der Waals surface area (Å²) in [4.78, 5) is 4.94. The minimum atomic E-state index is -0.188. The van der Waals surface area contributed by atoms with Crippen molar-refractivity contribution >= 4 is 99.6 Å². The fourth-order valence-electron chi connectivity index (χ4n) is 10.7. The summed E-state index contributed by atoms with van der Waals surface area (Å²) in [6, 6.07) is 63.8. The molecule has 1 unspecified atom stereocenters. The molecule has 0 radical (unpaired) electrons. The van der Waals surface area contributed by atoms with Crippen LogP contribution in [0.15, 0.2) is 185 Å². The SMILES string of the molecule is CC(C)c1cc(N(c2ccccc2)c2cccc3c2oc2ccccc23)c2ccc3c4c(ccc1c24)=C(N(c1ccccc1)c1cccc2c1oc1ccccc12)CC3(C)C(C)C. The molecule has 0 saturated carbocycles. The van der Waals surface area contributed by atoms with E-state index >= 15 is 0 Å². The largest absolute Gasteiger partial charge is 0.454 e. The predicted molar refractivity (Wildman–Crippen MR) is 265 cm³/mol. The van der Waals surface area contributed by atoms with Gasteiger partial charge in [0, 0.05) is 54.6 Å². The number of anilines is 5. The van der Waals surface area contributed by atoms with Gasteiger partial charge in [0.1, 0.15) is 11.2 Å². The number of rotatable bonds is 8. The van der Waals surface area contributed by atoms with Crippen LogP contribution in [0.25, 0.3) is 71.1 Å². The number of furan rings is 2. The Kier molecular flexibility index (Phi) is 8.40. The number of para-hydroxylation sites is 6. The molecule has 0 aliphatic heterocycles. The second kappa shape index (κ2) is 14.1. The predicted octanol–water partition coefficient (Wildman–Crippen LogP) is 16.4. The van der Waals surface area contributed by atoms with Gasteiger partial charge in [0.15, 0.2) is 11.2 Å². The van der Waals surface area contributed by atoms with Crippen LogP contribution in [-0.4, -0.2) is 0 Å². The van der Waals surface area contributed by atoms with Gasteiger partial charge in [0.2, 0.25) is 0 Å². The summed E-state index contributed by atoms with van der Waals surface area (Å²) in [5.74, 6) is 0.607. The number of benzene rings is 9. The van der Waals surface area contributed by atoms with E-state index in [1.807, 2.05) is 0 Å². The topological polar surface area (TPSA) is 32.8 Å². The molecule has 2 aromatic heterocycles. The van der Waals surface area contributed by atoms with Gasteiger partial charge in [0.05, 0.1) is 17.1 Å². The van der Waals surface area contributed by atoms with Gasteiger partial charge < -0.3 is 18.6 Å². The average Bonchev–Trinajstić information content (AvgIpc) is 3.90. The van der Waals surface area contributed by atoms with Crippen molar-refractivity contribution in [3.05, 3.63) is 192 Å². The molecule has 306 valence electrons. The fourth-order valence-corrected chi connectivity index (χ4v) is 10.7. The van der Waals surface area contributed by atoms with E-state index in [4.69, 9.17) is 8.83 Å². The van der Waals surface area contributed by atoms with Crippen LogP contribution < -0.4 is 15.0 Å². The first-order chi connectivity index (χ1) is 30.8. The highest BCUT2D eigenvalue weighted by atomic mass is 16.3. The lowest BCUT2D eigenvalue weighted by Crippen LogP contribution is -2.39. The number of nitrogens with zero attached hydrogens (tertiary/aromatic N) is 2. The van der Waals surface area contributed by atoms with E-state index in [-0.39, 0.29) is 11.3 Å². The standard InChI is InChI=1S/C59H48N2O2/c1-36(2)47-34-51(60(38-18-8-6-9-19-38)49-26-16-24-43-40-22-12-14-28-53(40)62-57(43)49)45-32-33-48-56-46(31-30-42(47)55(45)56)52(35-59(48,5)37(3)4)61(39-20-10-7-11-21-39)50-27-17-25-44-41-23-13-15-29-54(41)63-58(44)50/h6-34,36-37H,35H2,1-5H3. The van der Waals surface area contributed by atoms with Crippen molar-refractivity contribution in [1.82, 2.24) is 0 Å². The third kappa shape index (κ3) is 5.53. The molecule has 0 N–H and O–H groups in total. The van der Waals surface area contributed by atoms with E-state index in [9.17, 15) is 0 Å². The maximum Gasteiger partial charge on any atom is 0.159 e. The molecular formula is C59H48N2O2. The Morgan fingerprint density at radius 1 is 0.460 bits per heavy atom. The number of hydrogen-bond acceptors (Lipinski definition) is 4. The Morgan fingerprint density at radius 3 is 1.57 bits per heavy atom. The van der Waals surface area contributed by atoms with E-state index in [1.54, 1.807) is 0 Å². The van der Waals surface area contributed by atoms with Crippen LogP contribution in [0.2, 0.25) is 0 Å². The molecule has 0 spiro atoms. The molecule has 0 fully saturated rings. The van der Waals surface area contributed by atoms with Crippen LogP contribution in [0.5, 0.6) is 0 Å². The van der Waals surface area contributed by atoms with Crippen molar-refractivity contribution in [2.45, 2.75) is 52.4 Å². The first-order valence-corrected chi connectivity index (χ1v) is 22.4. The second-order valence-corrected chi connectivity index (χ2v) is 18.3. The molecule has 4 nitrogen and oxygen atoms in total. The van der Waals surface area contributed by atoms with Gasteiger partial charge >= 0.3 is 0 Å². The molecule has 1 aliphatic rings. The average molecular weight is 817 g/mol. The van der Waals surface area contributed by atoms with Crippen LogP contribution >= 0.6 is 0 Å². The van der Waals surface area contributed by atoms with Crippen LogP contribution in [0.4, 0.5) is 28.4 Å². The summed E-state index contributed by atoms with van der Waals surface area (Å²) in [7, 11) is 0. The zero-order chi connectivity index (χ0) is 42.6. The Hall–Kier alpha value is -7.30. The summed E-state index contributed by atoms with van der Waals surface area (Å²) in [5, 5.41) is 10.9. The second-order valence-electron chi connectivity index (χ2n) is 18.3. The maximum absolute atomic E-state index is 6.82. The van der Waals surface area contributed by atoms with Crippen molar-refractivity contribution in [2.75, 3.05) is 9.80 Å². The van der Waals surface area contributed by atoms with Crippen molar-refractivity contribution < 1.29 is 8.83 Å². The van der Waals surface area contributed by atoms with Crippen LogP contribution in [0.1, 0.15) is 58.1 Å². The van der Waals surface area contributed by atoms with Crippen LogP contribution in [-0.2, 0) is 5.41 Å². The first-order valence-electron chi connectivity index (χ1n) is 22.4. The molecule has 0 saturated heterocycles. The fraction of sp³-hybridized carbons (Fsp3) is 0.153. The Morgan fingerprint density at radius 2 is 0.984 bits per heavy atom. The molecule has 12 rings (SSSR count). The highest BCUT2D eigenvalue weighted by molar-refractivity contribution is 6.20. The van der Waals surface area contributed by atoms with E-state index in [0.717, 1.165) is 78.7 Å². The third-order valence-corrected chi connectivity index (χ3v) is 14.2. The van der Waals surface area contributed by atoms with Crippen LogP contribution in [0.3, 0.4) is 0 Å². The maximum atomic E-state index is 6.82. The summed E-state index contributed by atoms with van der Waals surface area (Å²) < 4.78 is 13.6. The Balaban J connectivity index is 1.22. The van der Waals surface area contributed by atoms with Gasteiger partial charge in [-0.3, -0.25) is 0 Å². The van der Waals surface area contributed by atoms with Gasteiger partial charge in [-0.1, -0.05) is 156 Å². The summed E-state index contributed by atoms with van der Waals surface area (Å²) in [6.45, 7) is 11.9. The molecule has 11 aromatic rings. The third-order valence-electron chi connectivity index (χ3n) is 14.2. The lowest BCUT2D eigenvalue weighted by atomic mass is 9.65. The molecule has 0 bridgehead atoms. The first kappa shape index (κ1) is 37.5. The lowest BCUT2D eigenvalue weighted by Gasteiger charge is -2.43. The van der Waals surface area contributed by atoms with Gasteiger partial charge in [-0.2, -0.15) is 0 Å². The molecule has 2 heterocycles. The minimum Gasteiger partial charge on any atom is -0.454 e. The molecule has 9 aromatic carbocycles. The number of hydrogen-bond donors (Lipinski definition) is 0. The van der Waals surface area contributed by atoms with E-state index in [1.165, 1.54) is 43.6 Å². The Bertz CT molecular complexity index is 3640. The van der Waals surface area contributed by atoms with Crippen molar-refractivity contribution in [3.63, 3.8) is 0 Å². The van der Waals surface area contributed by atoms with Gasteiger partial charge in [0.25, 0.3) is 0 Å². The minimum absolute atomic E-state index is 0.188. The zero-order valence-electron chi connectivity index (χ0n) is 36.3. The van der Waals surface area contributed by atoms with Crippen molar-refractivity contribution in [3.8, 4) is 0 Å². The molecule has 1 atom stereocenters. The van der Waals surface area contributed by atoms with Gasteiger partial charge in [-0.25, -0.2) is 0 Å². The van der Waals surface area contributed by atoms with Gasteiger partial charge in [-0.05, 0) is 100 Å². The molecule has 4 heteroatoms.